The lowest BCUT2D eigenvalue weighted by molar-refractivity contribution is 0.312. The maximum absolute atomic E-state index is 4.83. The van der Waals surface area contributed by atoms with Gasteiger partial charge in [0, 0.05) is 49.6 Å². The smallest absolute Gasteiger partial charge is 0.163 e. The zero-order valence-electron chi connectivity index (χ0n) is 15.1. The van der Waals surface area contributed by atoms with Crippen LogP contribution in [0.2, 0.25) is 0 Å². The topological polar surface area (TPSA) is 73.0 Å². The van der Waals surface area contributed by atoms with Gasteiger partial charge in [0.2, 0.25) is 0 Å². The van der Waals surface area contributed by atoms with Gasteiger partial charge >= 0.3 is 0 Å². The number of benzene rings is 1. The molecule has 0 unspecified atom stereocenters. The Morgan fingerprint density at radius 2 is 1.73 bits per heavy atom. The minimum Gasteiger partial charge on any atom is -0.354 e. The van der Waals surface area contributed by atoms with Gasteiger partial charge in [0.25, 0.3) is 0 Å². The lowest BCUT2D eigenvalue weighted by Crippen LogP contribution is -2.44. The molecular formula is C19H23N7. The van der Waals surface area contributed by atoms with Crippen molar-refractivity contribution in [3.8, 4) is 11.4 Å². The number of hydrogen-bond acceptors (Lipinski definition) is 6. The van der Waals surface area contributed by atoms with Gasteiger partial charge in [-0.1, -0.05) is 30.3 Å². The zero-order valence-corrected chi connectivity index (χ0v) is 15.1. The number of nitrogens with one attached hydrogen (secondary N) is 2. The van der Waals surface area contributed by atoms with Gasteiger partial charge in [-0.3, -0.25) is 5.10 Å². The third-order valence-corrected chi connectivity index (χ3v) is 4.53. The minimum absolute atomic E-state index is 0.719. The summed E-state index contributed by atoms with van der Waals surface area (Å²) in [6, 6.07) is 14.0. The second-order valence-electron chi connectivity index (χ2n) is 6.65. The standard InChI is InChI=1S/C19H23N7/c1-14-12-17(24-23-14)20-16-13-18(26-10-8-25(2)9-11-26)22-19(21-16)15-6-4-3-5-7-15/h3-7,12-13H,8-11H2,1-2H3,(H2,20,21,22,23,24). The first kappa shape index (κ1) is 16.5. The van der Waals surface area contributed by atoms with Gasteiger partial charge in [-0.05, 0) is 14.0 Å². The lowest BCUT2D eigenvalue weighted by Gasteiger charge is -2.33. The number of anilines is 3. The number of aromatic amines is 1. The number of piperazine rings is 1. The van der Waals surface area contributed by atoms with E-state index in [1.165, 1.54) is 0 Å². The van der Waals surface area contributed by atoms with Gasteiger partial charge in [0.05, 0.1) is 0 Å². The summed E-state index contributed by atoms with van der Waals surface area (Å²) in [5.74, 6) is 3.17. The van der Waals surface area contributed by atoms with Crippen LogP contribution in [0.3, 0.4) is 0 Å². The van der Waals surface area contributed by atoms with Crippen molar-refractivity contribution in [3.63, 3.8) is 0 Å². The Bertz CT molecular complexity index is 867. The minimum atomic E-state index is 0.719. The van der Waals surface area contributed by atoms with E-state index in [0.29, 0.717) is 0 Å². The third-order valence-electron chi connectivity index (χ3n) is 4.53. The third kappa shape index (κ3) is 3.67. The highest BCUT2D eigenvalue weighted by molar-refractivity contribution is 5.64. The SMILES string of the molecule is Cc1cc(Nc2cc(N3CCN(C)CC3)nc(-c3ccccc3)n2)n[nH]1. The number of aromatic nitrogens is 4. The van der Waals surface area contributed by atoms with E-state index in [2.05, 4.69) is 32.4 Å². The first-order valence-corrected chi connectivity index (χ1v) is 8.84. The Labute approximate surface area is 153 Å². The first-order valence-electron chi connectivity index (χ1n) is 8.84. The number of hydrogen-bond donors (Lipinski definition) is 2. The van der Waals surface area contributed by atoms with Gasteiger partial charge < -0.3 is 15.1 Å². The molecule has 4 rings (SSSR count). The summed E-state index contributed by atoms with van der Waals surface area (Å²) >= 11 is 0. The summed E-state index contributed by atoms with van der Waals surface area (Å²) < 4.78 is 0. The van der Waals surface area contributed by atoms with Crippen molar-refractivity contribution >= 4 is 17.5 Å². The van der Waals surface area contributed by atoms with Crippen LogP contribution in [0.25, 0.3) is 11.4 Å². The average Bonchev–Trinajstić information content (AvgIpc) is 3.07. The van der Waals surface area contributed by atoms with Crippen molar-refractivity contribution in [3.05, 3.63) is 48.2 Å². The van der Waals surface area contributed by atoms with E-state index in [-0.39, 0.29) is 0 Å². The highest BCUT2D eigenvalue weighted by Gasteiger charge is 2.18. The number of aryl methyl sites for hydroxylation is 1. The highest BCUT2D eigenvalue weighted by atomic mass is 15.3. The van der Waals surface area contributed by atoms with Crippen LogP contribution in [-0.2, 0) is 0 Å². The van der Waals surface area contributed by atoms with Gasteiger partial charge in [-0.25, -0.2) is 9.97 Å². The number of rotatable bonds is 4. The van der Waals surface area contributed by atoms with Gasteiger partial charge in [-0.15, -0.1) is 0 Å². The molecule has 0 bridgehead atoms. The molecule has 2 N–H and O–H groups in total. The van der Waals surface area contributed by atoms with Crippen LogP contribution in [0, 0.1) is 6.92 Å². The van der Waals surface area contributed by atoms with E-state index < -0.39 is 0 Å². The molecule has 3 heterocycles. The van der Waals surface area contributed by atoms with Crippen LogP contribution in [0.1, 0.15) is 5.69 Å². The molecule has 0 saturated carbocycles. The summed E-state index contributed by atoms with van der Waals surface area (Å²) in [6.07, 6.45) is 0. The molecule has 1 aliphatic heterocycles. The van der Waals surface area contributed by atoms with E-state index in [0.717, 1.165) is 60.7 Å². The van der Waals surface area contributed by atoms with Crippen LogP contribution >= 0.6 is 0 Å². The second kappa shape index (κ2) is 7.13. The molecular weight excluding hydrogens is 326 g/mol. The van der Waals surface area contributed by atoms with E-state index >= 15 is 0 Å². The molecule has 1 aromatic carbocycles. The lowest BCUT2D eigenvalue weighted by atomic mass is 10.2. The molecule has 7 heteroatoms. The van der Waals surface area contributed by atoms with Crippen LogP contribution in [0.5, 0.6) is 0 Å². The molecule has 1 saturated heterocycles. The van der Waals surface area contributed by atoms with E-state index in [1.54, 1.807) is 0 Å². The molecule has 7 nitrogen and oxygen atoms in total. The molecule has 0 spiro atoms. The largest absolute Gasteiger partial charge is 0.354 e. The van der Waals surface area contributed by atoms with Crippen molar-refractivity contribution in [2.45, 2.75) is 6.92 Å². The summed E-state index contributed by atoms with van der Waals surface area (Å²) in [4.78, 5) is 14.2. The number of H-pyrrole nitrogens is 1. The molecule has 0 radical (unpaired) electrons. The highest BCUT2D eigenvalue weighted by Crippen LogP contribution is 2.25. The Balaban J connectivity index is 1.69. The fourth-order valence-corrected chi connectivity index (χ4v) is 3.03. The molecule has 3 aromatic rings. The zero-order chi connectivity index (χ0) is 17.9. The van der Waals surface area contributed by atoms with Gasteiger partial charge in [-0.2, -0.15) is 5.10 Å². The molecule has 0 aliphatic carbocycles. The molecule has 0 atom stereocenters. The van der Waals surface area contributed by atoms with Crippen LogP contribution in [0.15, 0.2) is 42.5 Å². The number of likely N-dealkylation sites (N-methyl/N-ethyl adjacent to an activating group) is 1. The van der Waals surface area contributed by atoms with Gasteiger partial charge in [0.1, 0.15) is 11.6 Å². The molecule has 1 fully saturated rings. The quantitative estimate of drug-likeness (QED) is 0.754. The molecule has 26 heavy (non-hydrogen) atoms. The normalized spacial score (nSPS) is 15.2. The molecule has 2 aromatic heterocycles. The van der Waals surface area contributed by atoms with Crippen LogP contribution in [-0.4, -0.2) is 58.3 Å². The fourth-order valence-electron chi connectivity index (χ4n) is 3.03. The van der Waals surface area contributed by atoms with Crippen molar-refractivity contribution < 1.29 is 0 Å². The average molecular weight is 349 g/mol. The molecule has 1 aliphatic rings. The predicted molar refractivity (Wildman–Crippen MR) is 104 cm³/mol. The maximum Gasteiger partial charge on any atom is 0.163 e. The summed E-state index contributed by atoms with van der Waals surface area (Å²) in [7, 11) is 2.15. The summed E-state index contributed by atoms with van der Waals surface area (Å²) in [5, 5.41) is 10.5. The fraction of sp³-hybridized carbons (Fsp3) is 0.316. The Morgan fingerprint density at radius 3 is 2.42 bits per heavy atom. The molecule has 134 valence electrons. The van der Waals surface area contributed by atoms with Crippen molar-refractivity contribution in [2.24, 2.45) is 0 Å². The Morgan fingerprint density at radius 1 is 0.962 bits per heavy atom. The van der Waals surface area contributed by atoms with Crippen LogP contribution in [0.4, 0.5) is 17.5 Å². The Kier molecular flexibility index (Phi) is 4.53. The second-order valence-corrected chi connectivity index (χ2v) is 6.65. The van der Waals surface area contributed by atoms with Gasteiger partial charge in [0.15, 0.2) is 11.6 Å². The number of nitrogens with zero attached hydrogens (tertiary/aromatic N) is 5. The maximum atomic E-state index is 4.83. The predicted octanol–water partition coefficient (Wildman–Crippen LogP) is 2.67. The van der Waals surface area contributed by atoms with E-state index in [9.17, 15) is 0 Å². The summed E-state index contributed by atoms with van der Waals surface area (Å²) in [5.41, 5.74) is 2.01. The van der Waals surface area contributed by atoms with Crippen molar-refractivity contribution in [2.75, 3.05) is 43.4 Å². The van der Waals surface area contributed by atoms with Crippen molar-refractivity contribution in [1.82, 2.24) is 25.1 Å². The first-order chi connectivity index (χ1) is 12.7. The summed E-state index contributed by atoms with van der Waals surface area (Å²) in [6.45, 7) is 5.96. The molecule has 0 amide bonds. The van der Waals surface area contributed by atoms with E-state index in [1.807, 2.05) is 49.4 Å². The van der Waals surface area contributed by atoms with E-state index in [4.69, 9.17) is 9.97 Å². The Hall–Kier alpha value is -2.93. The van der Waals surface area contributed by atoms with Crippen LogP contribution < -0.4 is 10.2 Å². The van der Waals surface area contributed by atoms with Crippen molar-refractivity contribution in [1.29, 1.82) is 0 Å². The monoisotopic (exact) mass is 349 g/mol.